The summed E-state index contributed by atoms with van der Waals surface area (Å²) in [6.07, 6.45) is -2.64. The Morgan fingerprint density at radius 3 is 2.66 bits per heavy atom. The molecule has 1 aromatic heterocycles. The highest BCUT2D eigenvalue weighted by atomic mass is 79.9. The minimum Gasteiger partial charge on any atom is -0.465 e. The zero-order chi connectivity index (χ0) is 21.2. The summed E-state index contributed by atoms with van der Waals surface area (Å²) in [5.74, 6) is 1.61. The monoisotopic (exact) mass is 468 g/mol. The van der Waals surface area contributed by atoms with Crippen LogP contribution in [0, 0.1) is 17.7 Å². The summed E-state index contributed by atoms with van der Waals surface area (Å²) in [5.41, 5.74) is -0.726. The number of carboxylic acid groups (broad SMARTS) is 1. The number of halogens is 4. The number of amides is 1. The standard InChI is InChI=1S/C20H16BrF3N2O3/c21-15-5-4-14(6-7-19(29)10-20(23,24)11-19)25-17(15)16(26-18(27)28)9-12-2-1-3-13(22)8-12/h1-5,8,16,26,29H,9-11H2,(H,27,28). The molecule has 3 rings (SSSR count). The second-order valence-electron chi connectivity index (χ2n) is 6.89. The summed E-state index contributed by atoms with van der Waals surface area (Å²) in [5, 5.41) is 21.5. The third kappa shape index (κ3) is 5.49. The lowest BCUT2D eigenvalue weighted by Gasteiger charge is -2.39. The van der Waals surface area contributed by atoms with Gasteiger partial charge in [0.25, 0.3) is 5.92 Å². The van der Waals surface area contributed by atoms with Crippen LogP contribution >= 0.6 is 15.9 Å². The molecule has 29 heavy (non-hydrogen) atoms. The van der Waals surface area contributed by atoms with Crippen molar-refractivity contribution in [1.82, 2.24) is 10.3 Å². The fourth-order valence-corrected chi connectivity index (χ4v) is 3.61. The molecule has 5 nitrogen and oxygen atoms in total. The Labute approximate surface area is 173 Å². The Morgan fingerprint density at radius 1 is 1.31 bits per heavy atom. The van der Waals surface area contributed by atoms with Gasteiger partial charge in [-0.2, -0.15) is 0 Å². The van der Waals surface area contributed by atoms with E-state index in [0.717, 1.165) is 0 Å². The topological polar surface area (TPSA) is 82.5 Å². The van der Waals surface area contributed by atoms with Crippen molar-refractivity contribution in [3.63, 3.8) is 0 Å². The summed E-state index contributed by atoms with van der Waals surface area (Å²) < 4.78 is 40.0. The van der Waals surface area contributed by atoms with Gasteiger partial charge in [0.2, 0.25) is 0 Å². The minimum atomic E-state index is -2.93. The largest absolute Gasteiger partial charge is 0.465 e. The Bertz CT molecular complexity index is 996. The van der Waals surface area contributed by atoms with Crippen LogP contribution in [0.1, 0.15) is 35.8 Å². The van der Waals surface area contributed by atoms with E-state index in [1.165, 1.54) is 24.3 Å². The van der Waals surface area contributed by atoms with Crippen LogP contribution < -0.4 is 5.32 Å². The first kappa shape index (κ1) is 21.1. The molecule has 3 N–H and O–H groups in total. The number of hydrogen-bond donors (Lipinski definition) is 3. The number of pyridine rings is 1. The van der Waals surface area contributed by atoms with Crippen LogP contribution in [0.15, 0.2) is 40.9 Å². The first-order valence-corrected chi connectivity index (χ1v) is 9.38. The van der Waals surface area contributed by atoms with Crippen molar-refractivity contribution in [2.75, 3.05) is 0 Å². The summed E-state index contributed by atoms with van der Waals surface area (Å²) in [6, 6.07) is 8.03. The number of hydrogen-bond acceptors (Lipinski definition) is 3. The van der Waals surface area contributed by atoms with E-state index in [0.29, 0.717) is 15.7 Å². The predicted molar refractivity (Wildman–Crippen MR) is 102 cm³/mol. The van der Waals surface area contributed by atoms with E-state index in [-0.39, 0.29) is 12.1 Å². The van der Waals surface area contributed by atoms with Gasteiger partial charge in [0.15, 0.2) is 0 Å². The van der Waals surface area contributed by atoms with E-state index in [1.54, 1.807) is 12.1 Å². The molecule has 1 unspecified atom stereocenters. The Kier molecular flexibility index (Phi) is 5.87. The molecule has 0 radical (unpaired) electrons. The molecule has 0 bridgehead atoms. The SMILES string of the molecule is O=C(O)NC(Cc1cccc(F)c1)c1nc(C#CC2(O)CC(F)(F)C2)ccc1Br. The van der Waals surface area contributed by atoms with Crippen molar-refractivity contribution in [3.05, 3.63) is 63.6 Å². The van der Waals surface area contributed by atoms with Crippen LogP contribution in [0.2, 0.25) is 0 Å². The second kappa shape index (κ2) is 8.05. The number of aromatic nitrogens is 1. The first-order chi connectivity index (χ1) is 13.6. The quantitative estimate of drug-likeness (QED) is 0.591. The van der Waals surface area contributed by atoms with Gasteiger partial charge in [0.1, 0.15) is 17.1 Å². The third-order valence-corrected chi connectivity index (χ3v) is 5.03. The lowest BCUT2D eigenvalue weighted by Crippen LogP contribution is -2.50. The second-order valence-corrected chi connectivity index (χ2v) is 7.75. The Hall–Kier alpha value is -2.57. The summed E-state index contributed by atoms with van der Waals surface area (Å²) in [4.78, 5) is 15.5. The fourth-order valence-electron chi connectivity index (χ4n) is 3.11. The van der Waals surface area contributed by atoms with Crippen LogP contribution in [-0.2, 0) is 6.42 Å². The fraction of sp³-hybridized carbons (Fsp3) is 0.300. The number of aliphatic hydroxyl groups is 1. The molecule has 1 aliphatic carbocycles. The van der Waals surface area contributed by atoms with Gasteiger partial charge in [-0.1, -0.05) is 18.1 Å². The van der Waals surface area contributed by atoms with Crippen molar-refractivity contribution in [2.45, 2.75) is 36.8 Å². The van der Waals surface area contributed by atoms with Crippen LogP contribution in [0.4, 0.5) is 18.0 Å². The average molecular weight is 469 g/mol. The van der Waals surface area contributed by atoms with Gasteiger partial charge in [0.05, 0.1) is 24.6 Å². The minimum absolute atomic E-state index is 0.128. The molecule has 1 aliphatic rings. The molecule has 1 aromatic carbocycles. The van der Waals surface area contributed by atoms with Gasteiger partial charge >= 0.3 is 6.09 Å². The van der Waals surface area contributed by atoms with Crippen LogP contribution in [-0.4, -0.2) is 32.8 Å². The lowest BCUT2D eigenvalue weighted by atomic mass is 9.77. The number of benzene rings is 1. The highest BCUT2D eigenvalue weighted by Crippen LogP contribution is 2.45. The van der Waals surface area contributed by atoms with E-state index >= 15 is 0 Å². The molecule has 1 heterocycles. The smallest absolute Gasteiger partial charge is 0.405 e. The summed E-state index contributed by atoms with van der Waals surface area (Å²) in [7, 11) is 0. The van der Waals surface area contributed by atoms with E-state index < -0.39 is 42.3 Å². The van der Waals surface area contributed by atoms with Crippen molar-refractivity contribution >= 4 is 22.0 Å². The van der Waals surface area contributed by atoms with Crippen LogP contribution in [0.5, 0.6) is 0 Å². The number of nitrogens with zero attached hydrogens (tertiary/aromatic N) is 1. The molecular formula is C20H16BrF3N2O3. The van der Waals surface area contributed by atoms with Crippen molar-refractivity contribution in [3.8, 4) is 11.8 Å². The number of rotatable bonds is 4. The maximum Gasteiger partial charge on any atom is 0.405 e. The molecule has 152 valence electrons. The maximum atomic E-state index is 13.5. The van der Waals surface area contributed by atoms with Gasteiger partial charge in [-0.3, -0.25) is 0 Å². The number of nitrogens with one attached hydrogen (secondary N) is 1. The summed E-state index contributed by atoms with van der Waals surface area (Å²) >= 11 is 3.31. The number of alkyl halides is 2. The van der Waals surface area contributed by atoms with E-state index in [9.17, 15) is 28.2 Å². The van der Waals surface area contributed by atoms with Gasteiger partial charge in [-0.05, 0) is 58.1 Å². The molecule has 1 amide bonds. The number of carbonyl (C=O) groups is 1. The predicted octanol–water partition coefficient (Wildman–Crippen LogP) is 4.05. The highest BCUT2D eigenvalue weighted by molar-refractivity contribution is 9.10. The maximum absolute atomic E-state index is 13.5. The van der Waals surface area contributed by atoms with Crippen LogP contribution in [0.25, 0.3) is 0 Å². The molecule has 2 aromatic rings. The molecule has 1 saturated carbocycles. The first-order valence-electron chi connectivity index (χ1n) is 8.59. The normalized spacial score (nSPS) is 17.4. The summed E-state index contributed by atoms with van der Waals surface area (Å²) in [6.45, 7) is 0. The van der Waals surface area contributed by atoms with E-state index in [1.807, 2.05) is 0 Å². The van der Waals surface area contributed by atoms with Gasteiger partial charge < -0.3 is 15.5 Å². The Morgan fingerprint density at radius 2 is 2.03 bits per heavy atom. The average Bonchev–Trinajstić information content (AvgIpc) is 2.58. The molecule has 1 atom stereocenters. The van der Waals surface area contributed by atoms with Gasteiger partial charge in [0, 0.05) is 4.47 Å². The molecular weight excluding hydrogens is 453 g/mol. The van der Waals surface area contributed by atoms with E-state index in [2.05, 4.69) is 38.1 Å². The van der Waals surface area contributed by atoms with Crippen molar-refractivity contribution in [1.29, 1.82) is 0 Å². The van der Waals surface area contributed by atoms with Crippen molar-refractivity contribution in [2.24, 2.45) is 0 Å². The van der Waals surface area contributed by atoms with Gasteiger partial charge in [-0.15, -0.1) is 0 Å². The lowest BCUT2D eigenvalue weighted by molar-refractivity contribution is -0.176. The molecule has 0 spiro atoms. The molecule has 9 heteroatoms. The molecule has 1 fully saturated rings. The van der Waals surface area contributed by atoms with Crippen LogP contribution in [0.3, 0.4) is 0 Å². The van der Waals surface area contributed by atoms with Crippen molar-refractivity contribution < 1.29 is 28.2 Å². The van der Waals surface area contributed by atoms with E-state index in [4.69, 9.17) is 0 Å². The highest BCUT2D eigenvalue weighted by Gasteiger charge is 2.55. The molecule has 0 aliphatic heterocycles. The zero-order valence-corrected chi connectivity index (χ0v) is 16.5. The zero-order valence-electron chi connectivity index (χ0n) is 14.9. The molecule has 0 saturated heterocycles. The van der Waals surface area contributed by atoms with Gasteiger partial charge in [-0.25, -0.2) is 22.9 Å². The third-order valence-electron chi connectivity index (χ3n) is 4.36. The Balaban J connectivity index is 1.88.